The van der Waals surface area contributed by atoms with Gasteiger partial charge in [0.1, 0.15) is 5.82 Å². The molecule has 1 aromatic carbocycles. The minimum absolute atomic E-state index is 0.145. The first-order valence-corrected chi connectivity index (χ1v) is 5.18. The Bertz CT molecular complexity index is 335. The van der Waals surface area contributed by atoms with Gasteiger partial charge in [0.2, 0.25) is 0 Å². The van der Waals surface area contributed by atoms with Crippen molar-refractivity contribution in [1.82, 2.24) is 0 Å². The number of halogens is 1. The Morgan fingerprint density at radius 3 is 2.71 bits per heavy atom. The molecule has 0 saturated heterocycles. The van der Waals surface area contributed by atoms with E-state index in [9.17, 15) is 4.39 Å². The Labute approximate surface area is 84.1 Å². The maximum atomic E-state index is 12.9. The van der Waals surface area contributed by atoms with Gasteiger partial charge < -0.3 is 5.73 Å². The van der Waals surface area contributed by atoms with Crippen LogP contribution in [0.5, 0.6) is 0 Å². The highest BCUT2D eigenvalue weighted by Crippen LogP contribution is 2.35. The standard InChI is InChI=1S/C12H16FN/c1-8-6-10(13)3-5-12(8)9-2-4-11(14)7-9/h3,5-6,9,11H,2,4,7,14H2,1H3. The second-order valence-electron chi connectivity index (χ2n) is 4.27. The highest BCUT2D eigenvalue weighted by Gasteiger charge is 2.24. The van der Waals surface area contributed by atoms with Crippen LogP contribution in [0.25, 0.3) is 0 Å². The van der Waals surface area contributed by atoms with Crippen molar-refractivity contribution < 1.29 is 4.39 Å². The lowest BCUT2D eigenvalue weighted by atomic mass is 9.93. The second-order valence-corrected chi connectivity index (χ2v) is 4.27. The Hall–Kier alpha value is -0.890. The maximum absolute atomic E-state index is 12.9. The van der Waals surface area contributed by atoms with Crippen molar-refractivity contribution in [2.75, 3.05) is 0 Å². The molecule has 2 unspecified atom stereocenters. The van der Waals surface area contributed by atoms with Crippen molar-refractivity contribution in [1.29, 1.82) is 0 Å². The molecule has 2 N–H and O–H groups in total. The zero-order chi connectivity index (χ0) is 10.1. The highest BCUT2D eigenvalue weighted by molar-refractivity contribution is 5.30. The van der Waals surface area contributed by atoms with Crippen molar-refractivity contribution in [2.45, 2.75) is 38.1 Å². The molecule has 0 bridgehead atoms. The predicted molar refractivity (Wildman–Crippen MR) is 55.7 cm³/mol. The van der Waals surface area contributed by atoms with E-state index < -0.39 is 0 Å². The molecule has 1 aliphatic rings. The third-order valence-corrected chi connectivity index (χ3v) is 3.14. The van der Waals surface area contributed by atoms with Gasteiger partial charge in [-0.1, -0.05) is 6.07 Å². The van der Waals surface area contributed by atoms with Crippen LogP contribution in [0.1, 0.15) is 36.3 Å². The first kappa shape index (κ1) is 9.66. The van der Waals surface area contributed by atoms with E-state index in [0.29, 0.717) is 12.0 Å². The van der Waals surface area contributed by atoms with Crippen LogP contribution in [0.15, 0.2) is 18.2 Å². The first-order chi connectivity index (χ1) is 6.66. The molecule has 0 amide bonds. The average Bonchev–Trinajstić information content (AvgIpc) is 2.51. The van der Waals surface area contributed by atoms with E-state index in [-0.39, 0.29) is 5.82 Å². The van der Waals surface area contributed by atoms with Crippen LogP contribution >= 0.6 is 0 Å². The van der Waals surface area contributed by atoms with Gasteiger partial charge in [0.05, 0.1) is 0 Å². The van der Waals surface area contributed by atoms with Gasteiger partial charge in [-0.25, -0.2) is 4.39 Å². The van der Waals surface area contributed by atoms with Gasteiger partial charge >= 0.3 is 0 Å². The molecule has 1 saturated carbocycles. The molecule has 1 nitrogen and oxygen atoms in total. The van der Waals surface area contributed by atoms with Gasteiger partial charge in [-0.05, 0) is 55.4 Å². The molecule has 0 heterocycles. The van der Waals surface area contributed by atoms with Crippen LogP contribution in [-0.4, -0.2) is 6.04 Å². The van der Waals surface area contributed by atoms with Crippen LogP contribution in [0.3, 0.4) is 0 Å². The smallest absolute Gasteiger partial charge is 0.123 e. The predicted octanol–water partition coefficient (Wildman–Crippen LogP) is 2.73. The number of hydrogen-bond donors (Lipinski definition) is 1. The summed E-state index contributed by atoms with van der Waals surface area (Å²) in [7, 11) is 0. The normalized spacial score (nSPS) is 26.8. The average molecular weight is 193 g/mol. The lowest BCUT2D eigenvalue weighted by molar-refractivity contribution is 0.621. The fourth-order valence-electron chi connectivity index (χ4n) is 2.40. The molecule has 1 aliphatic carbocycles. The summed E-state index contributed by atoms with van der Waals surface area (Å²) in [5.74, 6) is 0.402. The second kappa shape index (κ2) is 3.70. The molecular weight excluding hydrogens is 177 g/mol. The summed E-state index contributed by atoms with van der Waals surface area (Å²) >= 11 is 0. The van der Waals surface area contributed by atoms with Gasteiger partial charge in [0, 0.05) is 6.04 Å². The van der Waals surface area contributed by atoms with Gasteiger partial charge in [-0.15, -0.1) is 0 Å². The first-order valence-electron chi connectivity index (χ1n) is 5.18. The molecule has 0 aliphatic heterocycles. The monoisotopic (exact) mass is 193 g/mol. The summed E-state index contributed by atoms with van der Waals surface area (Å²) in [6.45, 7) is 1.97. The van der Waals surface area contributed by atoms with Crippen LogP contribution < -0.4 is 5.73 Å². The van der Waals surface area contributed by atoms with Gasteiger partial charge in [0.15, 0.2) is 0 Å². The minimum atomic E-state index is -0.145. The number of benzene rings is 1. The largest absolute Gasteiger partial charge is 0.328 e. The lowest BCUT2D eigenvalue weighted by Gasteiger charge is -2.13. The fraction of sp³-hybridized carbons (Fsp3) is 0.500. The third kappa shape index (κ3) is 1.80. The molecule has 14 heavy (non-hydrogen) atoms. The molecule has 1 aromatic rings. The summed E-state index contributed by atoms with van der Waals surface area (Å²) in [6, 6.07) is 5.41. The number of aryl methyl sites for hydroxylation is 1. The van der Waals surface area contributed by atoms with Crippen LogP contribution in [0.2, 0.25) is 0 Å². The fourth-order valence-corrected chi connectivity index (χ4v) is 2.40. The summed E-state index contributed by atoms with van der Waals surface area (Å²) < 4.78 is 12.9. The van der Waals surface area contributed by atoms with E-state index in [1.54, 1.807) is 12.1 Å². The summed E-state index contributed by atoms with van der Waals surface area (Å²) in [6.07, 6.45) is 3.29. The third-order valence-electron chi connectivity index (χ3n) is 3.14. The molecule has 1 fully saturated rings. The quantitative estimate of drug-likeness (QED) is 0.729. The molecule has 0 spiro atoms. The van der Waals surface area contributed by atoms with E-state index in [4.69, 9.17) is 5.73 Å². The van der Waals surface area contributed by atoms with Crippen LogP contribution in [-0.2, 0) is 0 Å². The Morgan fingerprint density at radius 2 is 2.14 bits per heavy atom. The molecule has 2 heteroatoms. The van der Waals surface area contributed by atoms with E-state index in [0.717, 1.165) is 24.8 Å². The molecular formula is C12H16FN. The van der Waals surface area contributed by atoms with Gasteiger partial charge in [-0.2, -0.15) is 0 Å². The Kier molecular flexibility index (Phi) is 2.55. The number of nitrogens with two attached hydrogens (primary N) is 1. The molecule has 0 aromatic heterocycles. The van der Waals surface area contributed by atoms with Crippen molar-refractivity contribution in [2.24, 2.45) is 5.73 Å². The van der Waals surface area contributed by atoms with Gasteiger partial charge in [0.25, 0.3) is 0 Å². The Balaban J connectivity index is 2.24. The minimum Gasteiger partial charge on any atom is -0.328 e. The van der Waals surface area contributed by atoms with Crippen LogP contribution in [0.4, 0.5) is 4.39 Å². The maximum Gasteiger partial charge on any atom is 0.123 e. The van der Waals surface area contributed by atoms with Crippen molar-refractivity contribution >= 4 is 0 Å². The SMILES string of the molecule is Cc1cc(F)ccc1C1CCC(N)C1. The number of rotatable bonds is 1. The van der Waals surface area contributed by atoms with Crippen molar-refractivity contribution in [3.8, 4) is 0 Å². The summed E-state index contributed by atoms with van der Waals surface area (Å²) in [5, 5.41) is 0. The lowest BCUT2D eigenvalue weighted by Crippen LogP contribution is -2.14. The van der Waals surface area contributed by atoms with Crippen LogP contribution in [0, 0.1) is 12.7 Å². The topological polar surface area (TPSA) is 26.0 Å². The molecule has 76 valence electrons. The van der Waals surface area contributed by atoms with Crippen molar-refractivity contribution in [3.05, 3.63) is 35.1 Å². The van der Waals surface area contributed by atoms with E-state index in [1.807, 2.05) is 13.0 Å². The summed E-state index contributed by atoms with van der Waals surface area (Å²) in [4.78, 5) is 0. The molecule has 2 rings (SSSR count). The van der Waals surface area contributed by atoms with E-state index >= 15 is 0 Å². The molecule has 2 atom stereocenters. The van der Waals surface area contributed by atoms with Gasteiger partial charge in [-0.3, -0.25) is 0 Å². The van der Waals surface area contributed by atoms with Crippen molar-refractivity contribution in [3.63, 3.8) is 0 Å². The highest BCUT2D eigenvalue weighted by atomic mass is 19.1. The number of hydrogen-bond acceptors (Lipinski definition) is 1. The molecule has 0 radical (unpaired) electrons. The Morgan fingerprint density at radius 1 is 1.36 bits per heavy atom. The zero-order valence-corrected chi connectivity index (χ0v) is 8.46. The zero-order valence-electron chi connectivity index (χ0n) is 8.46. The summed E-state index contributed by atoms with van der Waals surface area (Å²) in [5.41, 5.74) is 8.20. The van der Waals surface area contributed by atoms with E-state index in [2.05, 4.69) is 0 Å². The van der Waals surface area contributed by atoms with E-state index in [1.165, 1.54) is 5.56 Å².